The molecule has 1 aromatic rings. The molecule has 20 heavy (non-hydrogen) atoms. The van der Waals surface area contributed by atoms with Gasteiger partial charge in [0.05, 0.1) is 13.2 Å². The maximum Gasteiger partial charge on any atom is 0.124 e. The number of hydrogen-bond donors (Lipinski definition) is 1. The highest BCUT2D eigenvalue weighted by Crippen LogP contribution is 2.26. The summed E-state index contributed by atoms with van der Waals surface area (Å²) in [5, 5.41) is 10.5. The van der Waals surface area contributed by atoms with E-state index in [2.05, 4.69) is 23.9 Å². The van der Waals surface area contributed by atoms with E-state index in [1.54, 1.807) is 7.11 Å². The third kappa shape index (κ3) is 3.72. The number of hydrogen-bond acceptors (Lipinski definition) is 4. The number of ether oxygens (including phenoxy) is 1. The van der Waals surface area contributed by atoms with Crippen molar-refractivity contribution >= 4 is 0 Å². The molecule has 0 amide bonds. The Morgan fingerprint density at radius 2 is 2.15 bits per heavy atom. The number of benzene rings is 1. The summed E-state index contributed by atoms with van der Waals surface area (Å²) < 4.78 is 5.33. The average molecular weight is 278 g/mol. The molecule has 1 N–H and O–H groups in total. The molecule has 1 heterocycles. The van der Waals surface area contributed by atoms with Gasteiger partial charge in [-0.05, 0) is 39.5 Å². The lowest BCUT2D eigenvalue weighted by atomic mass is 10.0. The van der Waals surface area contributed by atoms with E-state index in [9.17, 15) is 5.11 Å². The van der Waals surface area contributed by atoms with E-state index >= 15 is 0 Å². The first-order valence-electron chi connectivity index (χ1n) is 7.31. The van der Waals surface area contributed by atoms with Gasteiger partial charge >= 0.3 is 0 Å². The first kappa shape index (κ1) is 15.3. The summed E-state index contributed by atoms with van der Waals surface area (Å²) in [6.45, 7) is 2.76. The van der Waals surface area contributed by atoms with Crippen molar-refractivity contribution in [1.29, 1.82) is 0 Å². The topological polar surface area (TPSA) is 35.9 Å². The Hall–Kier alpha value is -1.10. The van der Waals surface area contributed by atoms with Gasteiger partial charge in [0, 0.05) is 24.7 Å². The maximum atomic E-state index is 10.5. The van der Waals surface area contributed by atoms with Gasteiger partial charge in [-0.3, -0.25) is 4.90 Å². The number of β-amino-alcohol motifs (C(OH)–C–C–N with tert-alkyl or cyclic N) is 1. The van der Waals surface area contributed by atoms with Crippen molar-refractivity contribution in [1.82, 2.24) is 9.80 Å². The van der Waals surface area contributed by atoms with E-state index in [1.807, 2.05) is 24.3 Å². The second-order valence-corrected chi connectivity index (χ2v) is 5.78. The third-order valence-electron chi connectivity index (χ3n) is 4.14. The van der Waals surface area contributed by atoms with Gasteiger partial charge in [-0.15, -0.1) is 0 Å². The van der Waals surface area contributed by atoms with Crippen LogP contribution in [0.2, 0.25) is 0 Å². The highest BCUT2D eigenvalue weighted by molar-refractivity contribution is 5.35. The Bertz CT molecular complexity index is 423. The first-order valence-corrected chi connectivity index (χ1v) is 7.31. The van der Waals surface area contributed by atoms with Gasteiger partial charge in [0.15, 0.2) is 0 Å². The number of aliphatic hydroxyl groups excluding tert-OH is 1. The van der Waals surface area contributed by atoms with Gasteiger partial charge < -0.3 is 14.7 Å². The van der Waals surface area contributed by atoms with Crippen molar-refractivity contribution in [3.05, 3.63) is 29.8 Å². The van der Waals surface area contributed by atoms with Crippen LogP contribution in [0.15, 0.2) is 24.3 Å². The third-order valence-corrected chi connectivity index (χ3v) is 4.14. The summed E-state index contributed by atoms with van der Waals surface area (Å²) in [5.41, 5.74) is 0.877. The fraction of sp³-hybridized carbons (Fsp3) is 0.625. The molecule has 1 aliphatic rings. The lowest BCUT2D eigenvalue weighted by molar-refractivity contribution is 0.0710. The quantitative estimate of drug-likeness (QED) is 0.890. The number of rotatable bonds is 5. The first-order chi connectivity index (χ1) is 9.61. The van der Waals surface area contributed by atoms with Gasteiger partial charge in [-0.2, -0.15) is 0 Å². The van der Waals surface area contributed by atoms with Crippen LogP contribution in [0.3, 0.4) is 0 Å². The molecule has 2 rings (SSSR count). The van der Waals surface area contributed by atoms with Crippen LogP contribution in [-0.4, -0.2) is 61.8 Å². The molecule has 2 atom stereocenters. The second kappa shape index (κ2) is 7.07. The minimum absolute atomic E-state index is 0.493. The van der Waals surface area contributed by atoms with Gasteiger partial charge in [-0.25, -0.2) is 0 Å². The molecule has 1 aromatic carbocycles. The Morgan fingerprint density at radius 1 is 1.40 bits per heavy atom. The Labute approximate surface area is 122 Å². The van der Waals surface area contributed by atoms with E-state index in [1.165, 1.54) is 12.8 Å². The predicted octanol–water partition coefficient (Wildman–Crippen LogP) is 1.75. The Balaban J connectivity index is 1.98. The lowest BCUT2D eigenvalue weighted by Crippen LogP contribution is -2.46. The van der Waals surface area contributed by atoms with Crippen LogP contribution in [0.4, 0.5) is 0 Å². The molecule has 0 saturated carbocycles. The number of likely N-dealkylation sites (N-methyl/N-ethyl adjacent to an activating group) is 1. The Morgan fingerprint density at radius 3 is 2.85 bits per heavy atom. The zero-order valence-corrected chi connectivity index (χ0v) is 12.7. The van der Waals surface area contributed by atoms with Crippen molar-refractivity contribution in [3.63, 3.8) is 0 Å². The maximum absolute atomic E-state index is 10.5. The van der Waals surface area contributed by atoms with Crippen LogP contribution in [0, 0.1) is 0 Å². The van der Waals surface area contributed by atoms with Gasteiger partial charge in [0.25, 0.3) is 0 Å². The van der Waals surface area contributed by atoms with Crippen LogP contribution in [0.1, 0.15) is 24.5 Å². The number of likely N-dealkylation sites (tertiary alicyclic amines) is 1. The molecular weight excluding hydrogens is 252 g/mol. The molecule has 1 aliphatic heterocycles. The number of aliphatic hydroxyl groups is 1. The smallest absolute Gasteiger partial charge is 0.124 e. The molecular formula is C16H26N2O2. The molecule has 4 heteroatoms. The monoisotopic (exact) mass is 278 g/mol. The normalized spacial score (nSPS) is 21.9. The number of methoxy groups -OCH3 is 1. The van der Waals surface area contributed by atoms with E-state index in [4.69, 9.17) is 4.74 Å². The number of piperidine rings is 1. The minimum atomic E-state index is -0.493. The van der Waals surface area contributed by atoms with Crippen molar-refractivity contribution in [2.75, 3.05) is 40.8 Å². The van der Waals surface area contributed by atoms with E-state index in [0.717, 1.165) is 24.4 Å². The summed E-state index contributed by atoms with van der Waals surface area (Å²) in [4.78, 5) is 4.63. The molecule has 4 nitrogen and oxygen atoms in total. The van der Waals surface area contributed by atoms with Crippen molar-refractivity contribution < 1.29 is 9.84 Å². The molecule has 1 saturated heterocycles. The SMILES string of the molecule is COc1ccccc1C(O)CN1CCCC(N(C)C)C1. The fourth-order valence-electron chi connectivity index (χ4n) is 2.90. The molecule has 0 bridgehead atoms. The van der Waals surface area contributed by atoms with Crippen LogP contribution in [0.5, 0.6) is 5.75 Å². The molecule has 0 spiro atoms. The fourth-order valence-corrected chi connectivity index (χ4v) is 2.90. The summed E-state index contributed by atoms with van der Waals surface area (Å²) in [5.74, 6) is 0.765. The van der Waals surface area contributed by atoms with Crippen molar-refractivity contribution in [2.45, 2.75) is 25.0 Å². The van der Waals surface area contributed by atoms with Gasteiger partial charge in [0.1, 0.15) is 5.75 Å². The number of nitrogens with zero attached hydrogens (tertiary/aromatic N) is 2. The van der Waals surface area contributed by atoms with Crippen LogP contribution in [-0.2, 0) is 0 Å². The Kier molecular flexibility index (Phi) is 5.40. The van der Waals surface area contributed by atoms with E-state index in [-0.39, 0.29) is 0 Å². The van der Waals surface area contributed by atoms with Gasteiger partial charge in [0.2, 0.25) is 0 Å². The second-order valence-electron chi connectivity index (χ2n) is 5.78. The molecule has 0 aromatic heterocycles. The molecule has 0 radical (unpaired) electrons. The van der Waals surface area contributed by atoms with Crippen LogP contribution in [0.25, 0.3) is 0 Å². The summed E-state index contributed by atoms with van der Waals surface area (Å²) in [7, 11) is 5.91. The van der Waals surface area contributed by atoms with E-state index in [0.29, 0.717) is 12.6 Å². The van der Waals surface area contributed by atoms with E-state index < -0.39 is 6.10 Å². The predicted molar refractivity (Wildman–Crippen MR) is 81.1 cm³/mol. The lowest BCUT2D eigenvalue weighted by Gasteiger charge is -2.37. The minimum Gasteiger partial charge on any atom is -0.496 e. The van der Waals surface area contributed by atoms with Crippen LogP contribution < -0.4 is 4.74 Å². The summed E-state index contributed by atoms with van der Waals surface area (Å²) >= 11 is 0. The zero-order chi connectivity index (χ0) is 14.5. The molecule has 112 valence electrons. The van der Waals surface area contributed by atoms with Crippen molar-refractivity contribution in [3.8, 4) is 5.75 Å². The van der Waals surface area contributed by atoms with Crippen LogP contribution >= 0.6 is 0 Å². The highest BCUT2D eigenvalue weighted by Gasteiger charge is 2.24. The number of para-hydroxylation sites is 1. The molecule has 1 fully saturated rings. The average Bonchev–Trinajstić information content (AvgIpc) is 2.47. The summed E-state index contributed by atoms with van der Waals surface area (Å²) in [6.07, 6.45) is 1.95. The zero-order valence-electron chi connectivity index (χ0n) is 12.7. The molecule has 2 unspecified atom stereocenters. The molecule has 0 aliphatic carbocycles. The largest absolute Gasteiger partial charge is 0.496 e. The summed E-state index contributed by atoms with van der Waals surface area (Å²) in [6, 6.07) is 8.31. The highest BCUT2D eigenvalue weighted by atomic mass is 16.5. The van der Waals surface area contributed by atoms with Crippen molar-refractivity contribution in [2.24, 2.45) is 0 Å². The van der Waals surface area contributed by atoms with Gasteiger partial charge in [-0.1, -0.05) is 18.2 Å². The standard InChI is InChI=1S/C16H26N2O2/c1-17(2)13-7-6-10-18(11-13)12-15(19)14-8-4-5-9-16(14)20-3/h4-5,8-9,13,15,19H,6-7,10-12H2,1-3H3.